The fraction of sp³-hybridized carbons (Fsp3) is 0.667. The van der Waals surface area contributed by atoms with E-state index in [0.29, 0.717) is 18.3 Å². The molecule has 1 saturated carbocycles. The van der Waals surface area contributed by atoms with Crippen molar-refractivity contribution in [2.24, 2.45) is 17.9 Å². The highest BCUT2D eigenvalue weighted by Gasteiger charge is 2.28. The SMILES string of the molecule is Cn1nccc1CCN(CC/C(N)=N/O)C1CC1. The lowest BCUT2D eigenvalue weighted by atomic mass is 10.2. The quantitative estimate of drug-likeness (QED) is 0.321. The fourth-order valence-electron chi connectivity index (χ4n) is 2.13. The van der Waals surface area contributed by atoms with Crippen molar-refractivity contribution in [3.8, 4) is 0 Å². The lowest BCUT2D eigenvalue weighted by Gasteiger charge is -2.21. The van der Waals surface area contributed by atoms with Crippen molar-refractivity contribution in [3.05, 3.63) is 18.0 Å². The number of hydrogen-bond donors (Lipinski definition) is 2. The Bertz CT molecular complexity index is 410. The van der Waals surface area contributed by atoms with Gasteiger partial charge >= 0.3 is 0 Å². The monoisotopic (exact) mass is 251 g/mol. The largest absolute Gasteiger partial charge is 0.409 e. The van der Waals surface area contributed by atoms with Crippen molar-refractivity contribution in [2.75, 3.05) is 13.1 Å². The fourth-order valence-corrected chi connectivity index (χ4v) is 2.13. The van der Waals surface area contributed by atoms with E-state index in [2.05, 4.69) is 21.2 Å². The third kappa shape index (κ3) is 3.46. The van der Waals surface area contributed by atoms with Gasteiger partial charge in [0.15, 0.2) is 0 Å². The van der Waals surface area contributed by atoms with Gasteiger partial charge in [-0.2, -0.15) is 5.10 Å². The number of oxime groups is 1. The van der Waals surface area contributed by atoms with Crippen LogP contribution in [-0.2, 0) is 13.5 Å². The molecule has 1 aromatic heterocycles. The molecule has 0 unspecified atom stereocenters. The second-order valence-electron chi connectivity index (χ2n) is 4.80. The van der Waals surface area contributed by atoms with Gasteiger partial charge in [0, 0.05) is 50.9 Å². The van der Waals surface area contributed by atoms with Crippen LogP contribution in [0.15, 0.2) is 17.4 Å². The van der Waals surface area contributed by atoms with E-state index in [9.17, 15) is 0 Å². The van der Waals surface area contributed by atoms with Gasteiger partial charge in [0.1, 0.15) is 5.84 Å². The molecular weight excluding hydrogens is 230 g/mol. The van der Waals surface area contributed by atoms with Crippen molar-refractivity contribution >= 4 is 5.84 Å². The molecule has 0 atom stereocenters. The van der Waals surface area contributed by atoms with Gasteiger partial charge in [-0.15, -0.1) is 0 Å². The van der Waals surface area contributed by atoms with Crippen molar-refractivity contribution in [1.29, 1.82) is 0 Å². The molecule has 0 spiro atoms. The van der Waals surface area contributed by atoms with Gasteiger partial charge in [0.2, 0.25) is 0 Å². The minimum absolute atomic E-state index is 0.307. The van der Waals surface area contributed by atoms with E-state index in [4.69, 9.17) is 10.9 Å². The second-order valence-corrected chi connectivity index (χ2v) is 4.80. The molecule has 1 fully saturated rings. The molecule has 0 aliphatic heterocycles. The Balaban J connectivity index is 1.81. The van der Waals surface area contributed by atoms with Crippen LogP contribution < -0.4 is 5.73 Å². The number of hydrogen-bond acceptors (Lipinski definition) is 4. The summed E-state index contributed by atoms with van der Waals surface area (Å²) >= 11 is 0. The molecule has 0 bridgehead atoms. The molecule has 0 amide bonds. The Morgan fingerprint density at radius 2 is 2.39 bits per heavy atom. The average molecular weight is 251 g/mol. The van der Waals surface area contributed by atoms with E-state index in [-0.39, 0.29) is 0 Å². The average Bonchev–Trinajstić information content (AvgIpc) is 3.13. The van der Waals surface area contributed by atoms with Gasteiger partial charge in [0.05, 0.1) is 0 Å². The van der Waals surface area contributed by atoms with Crippen molar-refractivity contribution in [1.82, 2.24) is 14.7 Å². The van der Waals surface area contributed by atoms with E-state index >= 15 is 0 Å². The first-order chi connectivity index (χ1) is 8.70. The van der Waals surface area contributed by atoms with Crippen LogP contribution in [0.5, 0.6) is 0 Å². The highest BCUT2D eigenvalue weighted by atomic mass is 16.4. The smallest absolute Gasteiger partial charge is 0.140 e. The molecule has 1 heterocycles. The minimum atomic E-state index is 0.307. The number of aromatic nitrogens is 2. The number of nitrogens with two attached hydrogens (primary N) is 1. The van der Waals surface area contributed by atoms with E-state index in [1.807, 2.05) is 17.9 Å². The predicted octanol–water partition coefficient (Wildman–Crippen LogP) is 0.564. The first-order valence-corrected chi connectivity index (χ1v) is 6.38. The zero-order chi connectivity index (χ0) is 13.0. The number of nitrogens with zero attached hydrogens (tertiary/aromatic N) is 4. The maximum atomic E-state index is 8.55. The van der Waals surface area contributed by atoms with Gasteiger partial charge in [-0.05, 0) is 18.9 Å². The second kappa shape index (κ2) is 5.86. The van der Waals surface area contributed by atoms with Crippen LogP contribution in [0, 0.1) is 0 Å². The summed E-state index contributed by atoms with van der Waals surface area (Å²) in [5.74, 6) is 0.307. The first-order valence-electron chi connectivity index (χ1n) is 6.38. The van der Waals surface area contributed by atoms with E-state index in [1.54, 1.807) is 0 Å². The summed E-state index contributed by atoms with van der Waals surface area (Å²) in [6.45, 7) is 1.86. The summed E-state index contributed by atoms with van der Waals surface area (Å²) in [6, 6.07) is 2.74. The van der Waals surface area contributed by atoms with Gasteiger partial charge < -0.3 is 10.9 Å². The van der Waals surface area contributed by atoms with Crippen molar-refractivity contribution < 1.29 is 5.21 Å². The van der Waals surface area contributed by atoms with Crippen LogP contribution in [0.1, 0.15) is 25.0 Å². The van der Waals surface area contributed by atoms with Crippen LogP contribution in [0.3, 0.4) is 0 Å². The molecule has 100 valence electrons. The summed E-state index contributed by atoms with van der Waals surface area (Å²) in [7, 11) is 1.97. The summed E-state index contributed by atoms with van der Waals surface area (Å²) in [5, 5.41) is 15.7. The number of aryl methyl sites for hydroxylation is 1. The van der Waals surface area contributed by atoms with Gasteiger partial charge in [0.25, 0.3) is 0 Å². The minimum Gasteiger partial charge on any atom is -0.409 e. The van der Waals surface area contributed by atoms with Gasteiger partial charge in [-0.3, -0.25) is 9.58 Å². The third-order valence-corrected chi connectivity index (χ3v) is 3.42. The molecule has 0 radical (unpaired) electrons. The molecular formula is C12H21N5O. The summed E-state index contributed by atoms with van der Waals surface area (Å²) in [6.07, 6.45) is 5.97. The lowest BCUT2D eigenvalue weighted by Crippen LogP contribution is -2.32. The molecule has 6 nitrogen and oxygen atoms in total. The van der Waals surface area contributed by atoms with Crippen LogP contribution in [0.2, 0.25) is 0 Å². The van der Waals surface area contributed by atoms with Crippen LogP contribution in [-0.4, -0.2) is 44.9 Å². The normalized spacial score (nSPS) is 16.4. The van der Waals surface area contributed by atoms with E-state index < -0.39 is 0 Å². The number of rotatable bonds is 7. The Morgan fingerprint density at radius 1 is 1.61 bits per heavy atom. The lowest BCUT2D eigenvalue weighted by molar-refractivity contribution is 0.269. The maximum Gasteiger partial charge on any atom is 0.140 e. The molecule has 0 saturated heterocycles. The molecule has 3 N–H and O–H groups in total. The molecule has 1 aliphatic carbocycles. The highest BCUT2D eigenvalue weighted by molar-refractivity contribution is 5.79. The Morgan fingerprint density at radius 3 is 2.94 bits per heavy atom. The van der Waals surface area contributed by atoms with Crippen molar-refractivity contribution in [2.45, 2.75) is 31.7 Å². The third-order valence-electron chi connectivity index (χ3n) is 3.42. The molecule has 0 aromatic carbocycles. The zero-order valence-electron chi connectivity index (χ0n) is 10.8. The standard InChI is InChI=1S/C12H21N5O/c1-16-10(4-7-14-16)5-8-17(11-2-3-11)9-6-12(13)15-18/h4,7,11,18H,2-3,5-6,8-9H2,1H3,(H2,13,15). The van der Waals surface area contributed by atoms with Gasteiger partial charge in [-0.25, -0.2) is 0 Å². The molecule has 18 heavy (non-hydrogen) atoms. The highest BCUT2D eigenvalue weighted by Crippen LogP contribution is 2.27. The maximum absolute atomic E-state index is 8.55. The van der Waals surface area contributed by atoms with Gasteiger partial charge in [-0.1, -0.05) is 5.16 Å². The van der Waals surface area contributed by atoms with Crippen LogP contribution in [0.25, 0.3) is 0 Å². The van der Waals surface area contributed by atoms with E-state index in [0.717, 1.165) is 19.5 Å². The molecule has 1 aliphatic rings. The Kier molecular flexibility index (Phi) is 4.19. The molecule has 2 rings (SSSR count). The van der Waals surface area contributed by atoms with Crippen LogP contribution in [0.4, 0.5) is 0 Å². The number of amidine groups is 1. The Hall–Kier alpha value is -1.56. The summed E-state index contributed by atoms with van der Waals surface area (Å²) in [5.41, 5.74) is 6.76. The van der Waals surface area contributed by atoms with Crippen LogP contribution >= 0.6 is 0 Å². The topological polar surface area (TPSA) is 79.7 Å². The van der Waals surface area contributed by atoms with E-state index in [1.165, 1.54) is 18.5 Å². The first kappa shape index (κ1) is 12.9. The van der Waals surface area contributed by atoms with Crippen molar-refractivity contribution in [3.63, 3.8) is 0 Å². The Labute approximate surface area is 107 Å². The zero-order valence-corrected chi connectivity index (χ0v) is 10.8. The predicted molar refractivity (Wildman–Crippen MR) is 69.5 cm³/mol. The molecule has 1 aromatic rings. The summed E-state index contributed by atoms with van der Waals surface area (Å²) in [4.78, 5) is 2.42. The summed E-state index contributed by atoms with van der Waals surface area (Å²) < 4.78 is 1.91. The molecule has 6 heteroatoms.